The van der Waals surface area contributed by atoms with Gasteiger partial charge in [0.05, 0.1) is 16.7 Å². The van der Waals surface area contributed by atoms with E-state index in [-0.39, 0.29) is 16.0 Å². The molecule has 2 N–H and O–H groups in total. The maximum Gasteiger partial charge on any atom is 0.242 e. The first-order valence-electron chi connectivity index (χ1n) is 7.03. The Kier molecular flexibility index (Phi) is 4.26. The molecule has 1 aliphatic heterocycles. The third-order valence-electron chi connectivity index (χ3n) is 3.69. The molecule has 0 aliphatic carbocycles. The van der Waals surface area contributed by atoms with Crippen molar-refractivity contribution in [3.05, 3.63) is 58.6 Å². The summed E-state index contributed by atoms with van der Waals surface area (Å²) in [5.41, 5.74) is 2.40. The Labute approximate surface area is 139 Å². The van der Waals surface area contributed by atoms with E-state index < -0.39 is 10.0 Å². The summed E-state index contributed by atoms with van der Waals surface area (Å²) in [6.45, 7) is 0.475. The highest BCUT2D eigenvalue weighted by molar-refractivity contribution is 7.89. The second kappa shape index (κ2) is 6.20. The summed E-state index contributed by atoms with van der Waals surface area (Å²) in [6, 6.07) is 13.5. The van der Waals surface area contributed by atoms with Gasteiger partial charge in [-0.3, -0.25) is 0 Å². The van der Waals surface area contributed by atoms with Crippen LogP contribution in [0.3, 0.4) is 0 Å². The largest absolute Gasteiger partial charge is 0.383 e. The monoisotopic (exact) mass is 347 g/mol. The SMILES string of the molecule is N#Cc1ccc2c(c1)CC(NS(=O)(=O)c1ccccc1Cl)CN2. The van der Waals surface area contributed by atoms with Crippen LogP contribution >= 0.6 is 11.6 Å². The van der Waals surface area contributed by atoms with Crippen LogP contribution in [0.25, 0.3) is 0 Å². The molecule has 0 spiro atoms. The predicted molar refractivity (Wildman–Crippen MR) is 88.9 cm³/mol. The molecule has 7 heteroatoms. The standard InChI is InChI=1S/C16H14ClN3O2S/c17-14-3-1-2-4-16(14)23(21,22)20-13-8-12-7-11(9-18)5-6-15(12)19-10-13/h1-7,13,19-20H,8,10H2. The van der Waals surface area contributed by atoms with E-state index in [1.165, 1.54) is 6.07 Å². The first kappa shape index (κ1) is 15.8. The number of sulfonamides is 1. The van der Waals surface area contributed by atoms with Gasteiger partial charge in [-0.15, -0.1) is 0 Å². The van der Waals surface area contributed by atoms with E-state index in [0.29, 0.717) is 18.5 Å². The van der Waals surface area contributed by atoms with Crippen molar-refractivity contribution < 1.29 is 8.42 Å². The van der Waals surface area contributed by atoms with Crippen molar-refractivity contribution in [1.29, 1.82) is 5.26 Å². The van der Waals surface area contributed by atoms with Gasteiger partial charge < -0.3 is 5.32 Å². The number of anilines is 1. The molecule has 1 aliphatic rings. The summed E-state index contributed by atoms with van der Waals surface area (Å²) in [7, 11) is -3.70. The molecule has 1 unspecified atom stereocenters. The Morgan fingerprint density at radius 3 is 2.78 bits per heavy atom. The first-order chi connectivity index (χ1) is 11.0. The normalized spacial score (nSPS) is 17.0. The smallest absolute Gasteiger partial charge is 0.242 e. The van der Waals surface area contributed by atoms with Crippen LogP contribution in [0, 0.1) is 11.3 Å². The molecule has 3 rings (SSSR count). The van der Waals surface area contributed by atoms with Gasteiger partial charge in [0.15, 0.2) is 0 Å². The Hall–Kier alpha value is -2.07. The molecular formula is C16H14ClN3O2S. The molecule has 2 aromatic carbocycles. The van der Waals surface area contributed by atoms with E-state index in [4.69, 9.17) is 16.9 Å². The lowest BCUT2D eigenvalue weighted by atomic mass is 9.98. The van der Waals surface area contributed by atoms with Crippen molar-refractivity contribution in [3.8, 4) is 6.07 Å². The number of hydrogen-bond acceptors (Lipinski definition) is 4. The summed E-state index contributed by atoms with van der Waals surface area (Å²) in [6.07, 6.45) is 0.515. The molecule has 0 aromatic heterocycles. The fourth-order valence-electron chi connectivity index (χ4n) is 2.60. The van der Waals surface area contributed by atoms with Gasteiger partial charge in [-0.05, 0) is 42.3 Å². The molecular weight excluding hydrogens is 334 g/mol. The minimum atomic E-state index is -3.70. The lowest BCUT2D eigenvalue weighted by Crippen LogP contribution is -2.43. The molecule has 1 atom stereocenters. The highest BCUT2D eigenvalue weighted by atomic mass is 35.5. The highest BCUT2D eigenvalue weighted by Crippen LogP contribution is 2.25. The number of nitriles is 1. The van der Waals surface area contributed by atoms with Crippen molar-refractivity contribution in [3.63, 3.8) is 0 Å². The van der Waals surface area contributed by atoms with Crippen LogP contribution < -0.4 is 10.0 Å². The van der Waals surface area contributed by atoms with Gasteiger partial charge in [0, 0.05) is 18.3 Å². The minimum Gasteiger partial charge on any atom is -0.383 e. The van der Waals surface area contributed by atoms with Crippen LogP contribution in [0.4, 0.5) is 5.69 Å². The van der Waals surface area contributed by atoms with Gasteiger partial charge in [-0.2, -0.15) is 5.26 Å². The fraction of sp³-hybridized carbons (Fsp3) is 0.188. The van der Waals surface area contributed by atoms with Crippen LogP contribution in [0.5, 0.6) is 0 Å². The fourth-order valence-corrected chi connectivity index (χ4v) is 4.36. The van der Waals surface area contributed by atoms with Crippen molar-refractivity contribution in [2.45, 2.75) is 17.4 Å². The van der Waals surface area contributed by atoms with Crippen LogP contribution in [0.2, 0.25) is 5.02 Å². The maximum atomic E-state index is 12.5. The second-order valence-electron chi connectivity index (χ2n) is 5.32. The van der Waals surface area contributed by atoms with E-state index in [0.717, 1.165) is 11.3 Å². The summed E-state index contributed by atoms with van der Waals surface area (Å²) in [5.74, 6) is 0. The Morgan fingerprint density at radius 2 is 2.04 bits per heavy atom. The predicted octanol–water partition coefficient (Wildman–Crippen LogP) is 2.53. The van der Waals surface area contributed by atoms with Gasteiger partial charge in [-0.1, -0.05) is 23.7 Å². The van der Waals surface area contributed by atoms with Crippen molar-refractivity contribution in [2.24, 2.45) is 0 Å². The van der Waals surface area contributed by atoms with E-state index in [1.54, 1.807) is 30.3 Å². The molecule has 2 aromatic rings. The summed E-state index contributed by atoms with van der Waals surface area (Å²) >= 11 is 5.98. The quantitative estimate of drug-likeness (QED) is 0.893. The summed E-state index contributed by atoms with van der Waals surface area (Å²) in [4.78, 5) is 0.0678. The second-order valence-corrected chi connectivity index (χ2v) is 7.41. The number of benzene rings is 2. The van der Waals surface area contributed by atoms with Gasteiger partial charge in [0.25, 0.3) is 0 Å². The molecule has 1 heterocycles. The van der Waals surface area contributed by atoms with Crippen molar-refractivity contribution in [2.75, 3.05) is 11.9 Å². The van der Waals surface area contributed by atoms with E-state index in [9.17, 15) is 8.42 Å². The number of hydrogen-bond donors (Lipinski definition) is 2. The van der Waals surface area contributed by atoms with Crippen molar-refractivity contribution >= 4 is 27.3 Å². The summed E-state index contributed by atoms with van der Waals surface area (Å²) in [5, 5.41) is 12.3. The van der Waals surface area contributed by atoms with E-state index in [1.807, 2.05) is 6.07 Å². The Balaban J connectivity index is 1.82. The average molecular weight is 348 g/mol. The maximum absolute atomic E-state index is 12.5. The number of halogens is 1. The molecule has 0 fully saturated rings. The third kappa shape index (κ3) is 3.32. The molecule has 5 nitrogen and oxygen atoms in total. The zero-order valence-corrected chi connectivity index (χ0v) is 13.7. The lowest BCUT2D eigenvalue weighted by molar-refractivity contribution is 0.549. The zero-order valence-electron chi connectivity index (χ0n) is 12.1. The number of nitrogens with zero attached hydrogens (tertiary/aromatic N) is 1. The Morgan fingerprint density at radius 1 is 1.26 bits per heavy atom. The molecule has 0 amide bonds. The van der Waals surface area contributed by atoms with Gasteiger partial charge >= 0.3 is 0 Å². The molecule has 0 saturated carbocycles. The van der Waals surface area contributed by atoms with Gasteiger partial charge in [0.2, 0.25) is 10.0 Å². The van der Waals surface area contributed by atoms with Crippen LogP contribution in [0.15, 0.2) is 47.4 Å². The minimum absolute atomic E-state index is 0.0678. The van der Waals surface area contributed by atoms with Crippen molar-refractivity contribution in [1.82, 2.24) is 4.72 Å². The molecule has 0 saturated heterocycles. The summed E-state index contributed by atoms with van der Waals surface area (Å²) < 4.78 is 27.6. The van der Waals surface area contributed by atoms with Gasteiger partial charge in [-0.25, -0.2) is 13.1 Å². The molecule has 0 radical (unpaired) electrons. The van der Waals surface area contributed by atoms with Crippen LogP contribution in [-0.4, -0.2) is 21.0 Å². The molecule has 23 heavy (non-hydrogen) atoms. The van der Waals surface area contributed by atoms with Gasteiger partial charge in [0.1, 0.15) is 4.90 Å². The van der Waals surface area contributed by atoms with E-state index >= 15 is 0 Å². The number of nitrogens with one attached hydrogen (secondary N) is 2. The van der Waals surface area contributed by atoms with Crippen LogP contribution in [0.1, 0.15) is 11.1 Å². The first-order valence-corrected chi connectivity index (χ1v) is 8.89. The third-order valence-corrected chi connectivity index (χ3v) is 5.71. The topological polar surface area (TPSA) is 82.0 Å². The number of rotatable bonds is 3. The highest BCUT2D eigenvalue weighted by Gasteiger charge is 2.25. The Bertz CT molecular complexity index is 890. The van der Waals surface area contributed by atoms with E-state index in [2.05, 4.69) is 16.1 Å². The zero-order chi connectivity index (χ0) is 16.4. The average Bonchev–Trinajstić information content (AvgIpc) is 2.54. The molecule has 118 valence electrons. The number of fused-ring (bicyclic) bond motifs is 1. The molecule has 0 bridgehead atoms. The van der Waals surface area contributed by atoms with Crippen LogP contribution in [-0.2, 0) is 16.4 Å². The lowest BCUT2D eigenvalue weighted by Gasteiger charge is -2.27.